The summed E-state index contributed by atoms with van der Waals surface area (Å²) in [7, 11) is 1.45. The highest BCUT2D eigenvalue weighted by Gasteiger charge is 2.23. The molecule has 1 saturated heterocycles. The third-order valence-corrected chi connectivity index (χ3v) is 2.42. The Kier molecular flexibility index (Phi) is 3.56. The number of ether oxygens (including phenoxy) is 2. The summed E-state index contributed by atoms with van der Waals surface area (Å²) in [5.74, 6) is 0.394. The lowest BCUT2D eigenvalue weighted by atomic mass is 10.3. The lowest BCUT2D eigenvalue weighted by Gasteiger charge is -2.29. The molecule has 7 nitrogen and oxygen atoms in total. The van der Waals surface area contributed by atoms with E-state index in [0.29, 0.717) is 25.6 Å². The van der Waals surface area contributed by atoms with E-state index >= 15 is 0 Å². The van der Waals surface area contributed by atoms with Crippen molar-refractivity contribution in [3.8, 4) is 12.1 Å². The van der Waals surface area contributed by atoms with Gasteiger partial charge in [-0.3, -0.25) is 0 Å². The Morgan fingerprint density at radius 1 is 1.53 bits per heavy atom. The molecule has 0 spiro atoms. The Bertz CT molecular complexity index is 450. The number of anilines is 1. The molecule has 1 unspecified atom stereocenters. The topological polar surface area (TPSA) is 84.2 Å². The van der Waals surface area contributed by atoms with Crippen LogP contribution in [0.5, 0.6) is 6.01 Å². The highest BCUT2D eigenvalue weighted by Crippen LogP contribution is 2.17. The van der Waals surface area contributed by atoms with Crippen LogP contribution in [0.25, 0.3) is 0 Å². The number of nitriles is 1. The van der Waals surface area contributed by atoms with Crippen LogP contribution in [0.15, 0.2) is 0 Å². The van der Waals surface area contributed by atoms with Crippen molar-refractivity contribution in [1.29, 1.82) is 5.26 Å². The third kappa shape index (κ3) is 2.72. The fourth-order valence-electron chi connectivity index (χ4n) is 1.46. The molecule has 0 N–H and O–H groups in total. The Morgan fingerprint density at radius 3 is 3.06 bits per heavy atom. The first-order valence-corrected chi connectivity index (χ1v) is 5.32. The van der Waals surface area contributed by atoms with Crippen LogP contribution in [0, 0.1) is 11.3 Å². The standard InChI is InChI=1S/C9H10ClN5O2/c1-16-9-13-7(10)12-8(14-9)15-2-3-17-6(4-11)5-15/h6H,2-3,5H2,1H3. The minimum atomic E-state index is -0.481. The van der Waals surface area contributed by atoms with Gasteiger partial charge in [-0.2, -0.15) is 20.2 Å². The number of halogens is 1. The van der Waals surface area contributed by atoms with E-state index < -0.39 is 6.10 Å². The number of aromatic nitrogens is 3. The molecule has 17 heavy (non-hydrogen) atoms. The maximum Gasteiger partial charge on any atom is 0.322 e. The van der Waals surface area contributed by atoms with E-state index in [1.807, 2.05) is 11.0 Å². The molecule has 1 atom stereocenters. The average Bonchev–Trinajstić information content (AvgIpc) is 2.38. The van der Waals surface area contributed by atoms with E-state index in [2.05, 4.69) is 15.0 Å². The number of nitrogens with zero attached hydrogens (tertiary/aromatic N) is 5. The quantitative estimate of drug-likeness (QED) is 0.749. The lowest BCUT2D eigenvalue weighted by molar-refractivity contribution is 0.0757. The molecule has 0 saturated carbocycles. The summed E-state index contributed by atoms with van der Waals surface area (Å²) in [5, 5.41) is 8.87. The van der Waals surface area contributed by atoms with Crippen LogP contribution in [-0.2, 0) is 4.74 Å². The first-order valence-electron chi connectivity index (χ1n) is 4.94. The van der Waals surface area contributed by atoms with E-state index in [9.17, 15) is 0 Å². The first-order chi connectivity index (χ1) is 8.22. The van der Waals surface area contributed by atoms with Crippen molar-refractivity contribution < 1.29 is 9.47 Å². The molecule has 0 aliphatic carbocycles. The zero-order valence-corrected chi connectivity index (χ0v) is 9.89. The summed E-state index contributed by atoms with van der Waals surface area (Å²) in [5.41, 5.74) is 0. The molecule has 0 amide bonds. The van der Waals surface area contributed by atoms with Crippen molar-refractivity contribution in [2.75, 3.05) is 31.7 Å². The van der Waals surface area contributed by atoms with E-state index in [1.165, 1.54) is 7.11 Å². The van der Waals surface area contributed by atoms with Crippen molar-refractivity contribution in [3.63, 3.8) is 0 Å². The molecule has 1 aliphatic heterocycles. The Hall–Kier alpha value is -1.65. The first kappa shape index (κ1) is 11.8. The Morgan fingerprint density at radius 2 is 2.35 bits per heavy atom. The molecule has 2 rings (SSSR count). The predicted octanol–water partition coefficient (Wildman–Crippen LogP) is 0.262. The highest BCUT2D eigenvalue weighted by atomic mass is 35.5. The van der Waals surface area contributed by atoms with Crippen LogP contribution in [0.1, 0.15) is 0 Å². The molecule has 8 heteroatoms. The molecule has 2 heterocycles. The minimum absolute atomic E-state index is 0.0619. The van der Waals surface area contributed by atoms with Crippen molar-refractivity contribution >= 4 is 17.5 Å². The van der Waals surface area contributed by atoms with Crippen LogP contribution < -0.4 is 9.64 Å². The van der Waals surface area contributed by atoms with Gasteiger partial charge < -0.3 is 14.4 Å². The fraction of sp³-hybridized carbons (Fsp3) is 0.556. The van der Waals surface area contributed by atoms with Crippen LogP contribution in [0.2, 0.25) is 5.28 Å². The largest absolute Gasteiger partial charge is 0.467 e. The Balaban J connectivity index is 2.21. The van der Waals surface area contributed by atoms with Gasteiger partial charge in [-0.05, 0) is 11.6 Å². The Labute approximate surface area is 103 Å². The third-order valence-electron chi connectivity index (χ3n) is 2.25. The maximum atomic E-state index is 8.81. The minimum Gasteiger partial charge on any atom is -0.467 e. The van der Waals surface area contributed by atoms with Crippen LogP contribution in [0.4, 0.5) is 5.95 Å². The SMILES string of the molecule is COc1nc(Cl)nc(N2CCOC(C#N)C2)n1. The molecular weight excluding hydrogens is 246 g/mol. The van der Waals surface area contributed by atoms with Crippen molar-refractivity contribution in [2.24, 2.45) is 0 Å². The van der Waals surface area contributed by atoms with Gasteiger partial charge in [0.05, 0.1) is 26.3 Å². The normalized spacial score (nSPS) is 19.8. The zero-order valence-electron chi connectivity index (χ0n) is 9.13. The van der Waals surface area contributed by atoms with Gasteiger partial charge in [0, 0.05) is 6.54 Å². The van der Waals surface area contributed by atoms with Crippen molar-refractivity contribution in [3.05, 3.63) is 5.28 Å². The smallest absolute Gasteiger partial charge is 0.322 e. The zero-order chi connectivity index (χ0) is 12.3. The summed E-state index contributed by atoms with van der Waals surface area (Å²) >= 11 is 5.75. The second-order valence-corrected chi connectivity index (χ2v) is 3.66. The van der Waals surface area contributed by atoms with Gasteiger partial charge in [-0.1, -0.05) is 0 Å². The van der Waals surface area contributed by atoms with Crippen molar-refractivity contribution in [2.45, 2.75) is 6.10 Å². The second kappa shape index (κ2) is 5.12. The van der Waals surface area contributed by atoms with E-state index in [1.54, 1.807) is 0 Å². The molecule has 90 valence electrons. The fourth-order valence-corrected chi connectivity index (χ4v) is 1.61. The summed E-state index contributed by atoms with van der Waals surface area (Å²) in [4.78, 5) is 13.7. The number of morpholine rings is 1. The van der Waals surface area contributed by atoms with Gasteiger partial charge >= 0.3 is 6.01 Å². The summed E-state index contributed by atoms with van der Waals surface area (Å²) in [6.45, 7) is 1.45. The highest BCUT2D eigenvalue weighted by molar-refractivity contribution is 6.28. The van der Waals surface area contributed by atoms with Gasteiger partial charge in [-0.15, -0.1) is 0 Å². The molecule has 1 fully saturated rings. The molecule has 0 bridgehead atoms. The summed E-state index contributed by atoms with van der Waals surface area (Å²) in [6.07, 6.45) is -0.481. The van der Waals surface area contributed by atoms with Gasteiger partial charge in [0.25, 0.3) is 0 Å². The average molecular weight is 256 g/mol. The van der Waals surface area contributed by atoms with Crippen LogP contribution in [0.3, 0.4) is 0 Å². The van der Waals surface area contributed by atoms with Crippen LogP contribution >= 0.6 is 11.6 Å². The number of hydrogen-bond donors (Lipinski definition) is 0. The van der Waals surface area contributed by atoms with E-state index in [-0.39, 0.29) is 11.3 Å². The van der Waals surface area contributed by atoms with Crippen molar-refractivity contribution in [1.82, 2.24) is 15.0 Å². The lowest BCUT2D eigenvalue weighted by Crippen LogP contribution is -2.42. The van der Waals surface area contributed by atoms with Gasteiger partial charge in [0.2, 0.25) is 11.2 Å². The molecule has 1 aliphatic rings. The van der Waals surface area contributed by atoms with Crippen LogP contribution in [-0.4, -0.2) is 47.9 Å². The predicted molar refractivity (Wildman–Crippen MR) is 59.0 cm³/mol. The number of hydrogen-bond acceptors (Lipinski definition) is 7. The van der Waals surface area contributed by atoms with Gasteiger partial charge in [-0.25, -0.2) is 0 Å². The van der Waals surface area contributed by atoms with E-state index in [0.717, 1.165) is 0 Å². The number of rotatable bonds is 2. The summed E-state index contributed by atoms with van der Waals surface area (Å²) in [6, 6.07) is 2.20. The molecule has 1 aromatic heterocycles. The molecular formula is C9H10ClN5O2. The molecule has 0 radical (unpaired) electrons. The monoisotopic (exact) mass is 255 g/mol. The van der Waals surface area contributed by atoms with Gasteiger partial charge in [0.15, 0.2) is 6.10 Å². The van der Waals surface area contributed by atoms with Gasteiger partial charge in [0.1, 0.15) is 0 Å². The maximum absolute atomic E-state index is 8.81. The number of methoxy groups -OCH3 is 1. The molecule has 0 aromatic carbocycles. The second-order valence-electron chi connectivity index (χ2n) is 3.33. The van der Waals surface area contributed by atoms with E-state index in [4.69, 9.17) is 26.3 Å². The summed E-state index contributed by atoms with van der Waals surface area (Å²) < 4.78 is 10.1. The molecule has 1 aromatic rings.